The Morgan fingerprint density at radius 3 is 3.00 bits per heavy atom. The molecule has 0 atom stereocenters. The number of pyridine rings is 1. The van der Waals surface area contributed by atoms with Gasteiger partial charge in [0.05, 0.1) is 6.20 Å². The van der Waals surface area contributed by atoms with Gasteiger partial charge in [-0.05, 0) is 31.9 Å². The van der Waals surface area contributed by atoms with E-state index in [4.69, 9.17) is 4.74 Å². The van der Waals surface area contributed by atoms with E-state index in [-0.39, 0.29) is 11.9 Å². The lowest BCUT2D eigenvalue weighted by atomic mass is 9.96. The summed E-state index contributed by atoms with van der Waals surface area (Å²) in [5.41, 5.74) is 0.800. The van der Waals surface area contributed by atoms with Gasteiger partial charge in [0, 0.05) is 12.1 Å². The topological polar surface area (TPSA) is 34.2 Å². The van der Waals surface area contributed by atoms with Gasteiger partial charge < -0.3 is 10.1 Å². The van der Waals surface area contributed by atoms with Crippen molar-refractivity contribution in [3.05, 3.63) is 23.6 Å². The largest absolute Gasteiger partial charge is 0.474 e. The molecule has 3 nitrogen and oxygen atoms in total. The standard InChI is InChI=1S/C12H17FN2O/c1-2-14-7-9-6-10(13)8-15-12(9)16-11-4-3-5-11/h6,8,11,14H,2-5,7H2,1H3. The molecular formula is C12H17FN2O. The normalized spacial score (nSPS) is 15.9. The number of nitrogens with zero attached hydrogens (tertiary/aromatic N) is 1. The van der Waals surface area contributed by atoms with Gasteiger partial charge in [0.15, 0.2) is 0 Å². The summed E-state index contributed by atoms with van der Waals surface area (Å²) in [6.45, 7) is 3.46. The quantitative estimate of drug-likeness (QED) is 0.833. The summed E-state index contributed by atoms with van der Waals surface area (Å²) < 4.78 is 18.8. The second-order valence-corrected chi connectivity index (χ2v) is 4.07. The van der Waals surface area contributed by atoms with E-state index in [1.165, 1.54) is 18.7 Å². The van der Waals surface area contributed by atoms with Gasteiger partial charge in [0.25, 0.3) is 0 Å². The van der Waals surface area contributed by atoms with Crippen molar-refractivity contribution in [1.82, 2.24) is 10.3 Å². The fourth-order valence-electron chi connectivity index (χ4n) is 1.61. The minimum atomic E-state index is -0.311. The first-order valence-corrected chi connectivity index (χ1v) is 5.81. The van der Waals surface area contributed by atoms with Gasteiger partial charge in [-0.1, -0.05) is 6.92 Å². The minimum absolute atomic E-state index is 0.276. The van der Waals surface area contributed by atoms with E-state index in [0.29, 0.717) is 12.4 Å². The first-order valence-electron chi connectivity index (χ1n) is 5.81. The average molecular weight is 224 g/mol. The van der Waals surface area contributed by atoms with Crippen molar-refractivity contribution in [2.75, 3.05) is 6.54 Å². The fraction of sp³-hybridized carbons (Fsp3) is 0.583. The molecule has 0 amide bonds. The Morgan fingerprint density at radius 1 is 1.56 bits per heavy atom. The van der Waals surface area contributed by atoms with Crippen LogP contribution in [0.4, 0.5) is 4.39 Å². The third kappa shape index (κ3) is 2.70. The molecule has 1 aliphatic carbocycles. The van der Waals surface area contributed by atoms with Gasteiger partial charge in [0.2, 0.25) is 5.88 Å². The van der Waals surface area contributed by atoms with Gasteiger partial charge in [-0.2, -0.15) is 0 Å². The van der Waals surface area contributed by atoms with Gasteiger partial charge >= 0.3 is 0 Å². The number of aromatic nitrogens is 1. The maximum Gasteiger partial charge on any atom is 0.218 e. The number of halogens is 1. The molecule has 1 fully saturated rings. The molecule has 88 valence electrons. The molecule has 0 saturated heterocycles. The number of hydrogen-bond acceptors (Lipinski definition) is 3. The molecule has 1 aromatic heterocycles. The highest BCUT2D eigenvalue weighted by Gasteiger charge is 2.21. The van der Waals surface area contributed by atoms with Crippen LogP contribution in [0.1, 0.15) is 31.7 Å². The van der Waals surface area contributed by atoms with Crippen molar-refractivity contribution in [3.8, 4) is 5.88 Å². The monoisotopic (exact) mass is 224 g/mol. The highest BCUT2D eigenvalue weighted by atomic mass is 19.1. The smallest absolute Gasteiger partial charge is 0.218 e. The average Bonchev–Trinajstić information content (AvgIpc) is 2.22. The molecule has 1 aliphatic rings. The van der Waals surface area contributed by atoms with Crippen LogP contribution in [0.3, 0.4) is 0 Å². The van der Waals surface area contributed by atoms with Crippen molar-refractivity contribution >= 4 is 0 Å². The van der Waals surface area contributed by atoms with E-state index >= 15 is 0 Å². The molecule has 0 radical (unpaired) electrons. The van der Waals surface area contributed by atoms with Crippen LogP contribution in [0.5, 0.6) is 5.88 Å². The second kappa shape index (κ2) is 5.25. The van der Waals surface area contributed by atoms with E-state index in [0.717, 1.165) is 24.9 Å². The summed E-state index contributed by atoms with van der Waals surface area (Å²) in [4.78, 5) is 4.02. The Hall–Kier alpha value is -1.16. The molecule has 1 saturated carbocycles. The summed E-state index contributed by atoms with van der Waals surface area (Å²) in [6, 6.07) is 1.49. The molecule has 1 N–H and O–H groups in total. The first kappa shape index (κ1) is 11.3. The number of hydrogen-bond donors (Lipinski definition) is 1. The lowest BCUT2D eigenvalue weighted by Crippen LogP contribution is -2.26. The van der Waals surface area contributed by atoms with Crippen molar-refractivity contribution in [3.63, 3.8) is 0 Å². The Bertz CT molecular complexity index is 353. The molecule has 16 heavy (non-hydrogen) atoms. The van der Waals surface area contributed by atoms with Crippen LogP contribution < -0.4 is 10.1 Å². The van der Waals surface area contributed by atoms with Gasteiger partial charge in [-0.3, -0.25) is 0 Å². The number of nitrogens with one attached hydrogen (secondary N) is 1. The molecule has 2 rings (SSSR count). The maximum atomic E-state index is 13.1. The fourth-order valence-corrected chi connectivity index (χ4v) is 1.61. The van der Waals surface area contributed by atoms with Crippen LogP contribution in [0.15, 0.2) is 12.3 Å². The zero-order chi connectivity index (χ0) is 11.4. The Balaban J connectivity index is 2.07. The SMILES string of the molecule is CCNCc1cc(F)cnc1OC1CCC1. The summed E-state index contributed by atoms with van der Waals surface area (Å²) in [5, 5.41) is 3.15. The third-order valence-electron chi connectivity index (χ3n) is 2.79. The Labute approximate surface area is 95.0 Å². The molecule has 1 heterocycles. The molecule has 0 aromatic carbocycles. The molecule has 4 heteroatoms. The molecule has 1 aromatic rings. The summed E-state index contributed by atoms with van der Waals surface area (Å²) >= 11 is 0. The zero-order valence-corrected chi connectivity index (χ0v) is 9.50. The van der Waals surface area contributed by atoms with Crippen molar-refractivity contribution in [1.29, 1.82) is 0 Å². The van der Waals surface area contributed by atoms with Crippen molar-refractivity contribution in [2.45, 2.75) is 38.8 Å². The van der Waals surface area contributed by atoms with Crippen LogP contribution in [-0.4, -0.2) is 17.6 Å². The van der Waals surface area contributed by atoms with E-state index < -0.39 is 0 Å². The Kier molecular flexibility index (Phi) is 3.72. The van der Waals surface area contributed by atoms with Crippen LogP contribution in [-0.2, 0) is 6.54 Å². The highest BCUT2D eigenvalue weighted by molar-refractivity contribution is 5.26. The summed E-state index contributed by atoms with van der Waals surface area (Å²) in [7, 11) is 0. The second-order valence-electron chi connectivity index (χ2n) is 4.07. The van der Waals surface area contributed by atoms with Crippen molar-refractivity contribution < 1.29 is 9.13 Å². The van der Waals surface area contributed by atoms with E-state index in [2.05, 4.69) is 10.3 Å². The van der Waals surface area contributed by atoms with Gasteiger partial charge in [0.1, 0.15) is 11.9 Å². The van der Waals surface area contributed by atoms with Crippen LogP contribution in [0.2, 0.25) is 0 Å². The van der Waals surface area contributed by atoms with E-state index in [1.54, 1.807) is 0 Å². The van der Waals surface area contributed by atoms with Crippen LogP contribution >= 0.6 is 0 Å². The number of ether oxygens (including phenoxy) is 1. The van der Waals surface area contributed by atoms with Crippen LogP contribution in [0.25, 0.3) is 0 Å². The predicted molar refractivity (Wildman–Crippen MR) is 59.8 cm³/mol. The van der Waals surface area contributed by atoms with Crippen LogP contribution in [0, 0.1) is 5.82 Å². The lowest BCUT2D eigenvalue weighted by molar-refractivity contribution is 0.113. The highest BCUT2D eigenvalue weighted by Crippen LogP contribution is 2.26. The Morgan fingerprint density at radius 2 is 2.38 bits per heavy atom. The predicted octanol–water partition coefficient (Wildman–Crippen LogP) is 2.26. The third-order valence-corrected chi connectivity index (χ3v) is 2.79. The van der Waals surface area contributed by atoms with Gasteiger partial charge in [-0.15, -0.1) is 0 Å². The lowest BCUT2D eigenvalue weighted by Gasteiger charge is -2.26. The van der Waals surface area contributed by atoms with Gasteiger partial charge in [-0.25, -0.2) is 9.37 Å². The number of rotatable bonds is 5. The molecule has 0 unspecified atom stereocenters. The van der Waals surface area contributed by atoms with E-state index in [1.807, 2.05) is 6.92 Å². The summed E-state index contributed by atoms with van der Waals surface area (Å²) in [5.74, 6) is 0.265. The summed E-state index contributed by atoms with van der Waals surface area (Å²) in [6.07, 6.45) is 4.87. The van der Waals surface area contributed by atoms with Crippen molar-refractivity contribution in [2.24, 2.45) is 0 Å². The van der Waals surface area contributed by atoms with E-state index in [9.17, 15) is 4.39 Å². The first-order chi connectivity index (χ1) is 7.79. The zero-order valence-electron chi connectivity index (χ0n) is 9.50. The molecule has 0 bridgehead atoms. The molecule has 0 aliphatic heterocycles. The molecule has 0 spiro atoms. The maximum absolute atomic E-state index is 13.1. The minimum Gasteiger partial charge on any atom is -0.474 e. The molecular weight excluding hydrogens is 207 g/mol.